The molecule has 1 unspecified atom stereocenters. The fraction of sp³-hybridized carbons (Fsp3) is 0.333. The van der Waals surface area contributed by atoms with Gasteiger partial charge in [0.15, 0.2) is 0 Å². The molecule has 2 aromatic rings. The molecule has 1 heterocycles. The van der Waals surface area contributed by atoms with Gasteiger partial charge in [0.1, 0.15) is 0 Å². The quantitative estimate of drug-likeness (QED) is 0.888. The van der Waals surface area contributed by atoms with Crippen molar-refractivity contribution in [2.75, 3.05) is 6.54 Å². The van der Waals surface area contributed by atoms with Gasteiger partial charge in [-0.3, -0.25) is 0 Å². The number of nitrogens with one attached hydrogen (secondary N) is 1. The van der Waals surface area contributed by atoms with Crippen molar-refractivity contribution >= 4 is 21.4 Å². The van der Waals surface area contributed by atoms with E-state index in [0.717, 1.165) is 11.1 Å². The summed E-state index contributed by atoms with van der Waals surface area (Å²) >= 11 is 1.47. The predicted molar refractivity (Wildman–Crippen MR) is 85.1 cm³/mol. The van der Waals surface area contributed by atoms with Crippen LogP contribution in [0.2, 0.25) is 0 Å². The summed E-state index contributed by atoms with van der Waals surface area (Å²) in [5.74, 6) is 0. The van der Waals surface area contributed by atoms with Crippen LogP contribution in [-0.4, -0.2) is 20.1 Å². The summed E-state index contributed by atoms with van der Waals surface area (Å²) in [4.78, 5) is 0.297. The van der Waals surface area contributed by atoms with Crippen LogP contribution in [0.15, 0.2) is 33.9 Å². The Morgan fingerprint density at radius 2 is 1.86 bits per heavy atom. The fourth-order valence-electron chi connectivity index (χ4n) is 2.43. The van der Waals surface area contributed by atoms with E-state index < -0.39 is 16.1 Å². The van der Waals surface area contributed by atoms with Crippen LogP contribution in [0, 0.1) is 20.8 Å². The Labute approximate surface area is 129 Å². The normalized spacial score (nSPS) is 13.3. The maximum atomic E-state index is 12.4. The standard InChI is InChI=1S/C15H19NO3S2/c1-10-6-11(2)15(12(3)7-10)21(18,19)16-8-14(17)13-4-5-20-9-13/h4-7,9,14,16-17H,8H2,1-3H3. The maximum absolute atomic E-state index is 12.4. The smallest absolute Gasteiger partial charge is 0.241 e. The molecule has 0 saturated heterocycles. The first-order valence-corrected chi connectivity index (χ1v) is 9.01. The van der Waals surface area contributed by atoms with Gasteiger partial charge >= 0.3 is 0 Å². The number of hydrogen-bond donors (Lipinski definition) is 2. The zero-order valence-electron chi connectivity index (χ0n) is 12.3. The topological polar surface area (TPSA) is 66.4 Å². The van der Waals surface area contributed by atoms with Crippen molar-refractivity contribution in [1.29, 1.82) is 0 Å². The van der Waals surface area contributed by atoms with E-state index in [1.807, 2.05) is 24.4 Å². The molecule has 0 radical (unpaired) electrons. The van der Waals surface area contributed by atoms with Gasteiger partial charge in [-0.1, -0.05) is 17.7 Å². The molecule has 0 fully saturated rings. The predicted octanol–water partition coefficient (Wildman–Crippen LogP) is 2.69. The molecule has 0 aliphatic rings. The third-order valence-corrected chi connectivity index (χ3v) is 5.70. The van der Waals surface area contributed by atoms with Gasteiger partial charge in [-0.05, 0) is 54.3 Å². The highest BCUT2D eigenvalue weighted by atomic mass is 32.2. The van der Waals surface area contributed by atoms with Crippen molar-refractivity contribution in [3.05, 3.63) is 51.2 Å². The second-order valence-corrected chi connectivity index (χ2v) is 7.64. The molecular weight excluding hydrogens is 306 g/mol. The van der Waals surface area contributed by atoms with Gasteiger partial charge in [0.25, 0.3) is 0 Å². The zero-order valence-corrected chi connectivity index (χ0v) is 13.9. The Balaban J connectivity index is 2.20. The van der Waals surface area contributed by atoms with Crippen molar-refractivity contribution in [3.8, 4) is 0 Å². The molecule has 0 bridgehead atoms. The highest BCUT2D eigenvalue weighted by Gasteiger charge is 2.21. The lowest BCUT2D eigenvalue weighted by molar-refractivity contribution is 0.182. The van der Waals surface area contributed by atoms with Crippen LogP contribution >= 0.6 is 11.3 Å². The number of hydrogen-bond acceptors (Lipinski definition) is 4. The first-order chi connectivity index (χ1) is 9.81. The number of aliphatic hydroxyl groups is 1. The molecule has 1 aromatic carbocycles. The number of aryl methyl sites for hydroxylation is 3. The largest absolute Gasteiger partial charge is 0.387 e. The Morgan fingerprint density at radius 3 is 2.38 bits per heavy atom. The van der Waals surface area contributed by atoms with E-state index in [4.69, 9.17) is 0 Å². The number of aliphatic hydroxyl groups excluding tert-OH is 1. The van der Waals surface area contributed by atoms with E-state index >= 15 is 0 Å². The van der Waals surface area contributed by atoms with E-state index in [1.54, 1.807) is 25.3 Å². The lowest BCUT2D eigenvalue weighted by atomic mass is 10.1. The highest BCUT2D eigenvalue weighted by molar-refractivity contribution is 7.89. The Kier molecular flexibility index (Phi) is 4.83. The van der Waals surface area contributed by atoms with Gasteiger partial charge < -0.3 is 5.11 Å². The summed E-state index contributed by atoms with van der Waals surface area (Å²) in [6.45, 7) is 5.46. The molecule has 21 heavy (non-hydrogen) atoms. The molecule has 0 aliphatic carbocycles. The molecule has 0 amide bonds. The van der Waals surface area contributed by atoms with Crippen LogP contribution in [-0.2, 0) is 10.0 Å². The number of sulfonamides is 1. The van der Waals surface area contributed by atoms with E-state index in [1.165, 1.54) is 11.3 Å². The van der Waals surface area contributed by atoms with E-state index in [2.05, 4.69) is 4.72 Å². The fourth-order valence-corrected chi connectivity index (χ4v) is 4.63. The van der Waals surface area contributed by atoms with Gasteiger partial charge in [0.05, 0.1) is 11.0 Å². The molecule has 6 heteroatoms. The maximum Gasteiger partial charge on any atom is 0.241 e. The average molecular weight is 325 g/mol. The second kappa shape index (κ2) is 6.27. The summed E-state index contributed by atoms with van der Waals surface area (Å²) in [7, 11) is -3.63. The molecule has 0 saturated carbocycles. The summed E-state index contributed by atoms with van der Waals surface area (Å²) in [6.07, 6.45) is -0.836. The minimum Gasteiger partial charge on any atom is -0.387 e. The van der Waals surface area contributed by atoms with Crippen LogP contribution in [0.3, 0.4) is 0 Å². The van der Waals surface area contributed by atoms with E-state index in [0.29, 0.717) is 16.0 Å². The summed E-state index contributed by atoms with van der Waals surface area (Å²) in [6, 6.07) is 5.47. The molecule has 2 N–H and O–H groups in total. The second-order valence-electron chi connectivity index (χ2n) is 5.15. The van der Waals surface area contributed by atoms with Crippen LogP contribution in [0.4, 0.5) is 0 Å². The average Bonchev–Trinajstić information content (AvgIpc) is 2.88. The summed E-state index contributed by atoms with van der Waals surface area (Å²) in [5, 5.41) is 13.6. The van der Waals surface area contributed by atoms with E-state index in [9.17, 15) is 13.5 Å². The van der Waals surface area contributed by atoms with Crippen LogP contribution in [0.5, 0.6) is 0 Å². The van der Waals surface area contributed by atoms with Gasteiger partial charge in [-0.2, -0.15) is 11.3 Å². The third-order valence-electron chi connectivity index (χ3n) is 3.27. The van der Waals surface area contributed by atoms with Crippen molar-refractivity contribution < 1.29 is 13.5 Å². The first kappa shape index (κ1) is 16.2. The van der Waals surface area contributed by atoms with Gasteiger partial charge in [-0.25, -0.2) is 13.1 Å². The van der Waals surface area contributed by atoms with Crippen molar-refractivity contribution in [3.63, 3.8) is 0 Å². The highest BCUT2D eigenvalue weighted by Crippen LogP contribution is 2.22. The molecule has 0 aliphatic heterocycles. The van der Waals surface area contributed by atoms with Gasteiger partial charge in [0.2, 0.25) is 10.0 Å². The first-order valence-electron chi connectivity index (χ1n) is 6.59. The molecular formula is C15H19NO3S2. The van der Waals surface area contributed by atoms with E-state index in [-0.39, 0.29) is 6.54 Å². The molecule has 2 rings (SSSR count). The lowest BCUT2D eigenvalue weighted by Gasteiger charge is -2.15. The molecule has 4 nitrogen and oxygen atoms in total. The molecule has 0 spiro atoms. The number of rotatable bonds is 5. The SMILES string of the molecule is Cc1cc(C)c(S(=O)(=O)NCC(O)c2ccsc2)c(C)c1. The van der Waals surface area contributed by atoms with Gasteiger partial charge in [0, 0.05) is 6.54 Å². The number of benzene rings is 1. The van der Waals surface area contributed by atoms with Gasteiger partial charge in [-0.15, -0.1) is 0 Å². The monoisotopic (exact) mass is 325 g/mol. The van der Waals surface area contributed by atoms with Crippen molar-refractivity contribution in [2.24, 2.45) is 0 Å². The molecule has 1 aromatic heterocycles. The number of thiophene rings is 1. The lowest BCUT2D eigenvalue weighted by Crippen LogP contribution is -2.29. The zero-order chi connectivity index (χ0) is 15.6. The summed E-state index contributed by atoms with van der Waals surface area (Å²) in [5.41, 5.74) is 3.18. The van der Waals surface area contributed by atoms with Crippen molar-refractivity contribution in [1.82, 2.24) is 4.72 Å². The minimum atomic E-state index is -3.63. The summed E-state index contributed by atoms with van der Waals surface area (Å²) < 4.78 is 27.4. The third kappa shape index (κ3) is 3.71. The van der Waals surface area contributed by atoms with Crippen LogP contribution < -0.4 is 4.72 Å². The van der Waals surface area contributed by atoms with Crippen LogP contribution in [0.1, 0.15) is 28.4 Å². The molecule has 114 valence electrons. The Bertz CT molecular complexity index is 698. The van der Waals surface area contributed by atoms with Crippen molar-refractivity contribution in [2.45, 2.75) is 31.8 Å². The Morgan fingerprint density at radius 1 is 1.24 bits per heavy atom. The molecule has 1 atom stereocenters. The Hall–Kier alpha value is -1.21. The van der Waals surface area contributed by atoms with Crippen LogP contribution in [0.25, 0.3) is 0 Å². The minimum absolute atomic E-state index is 0.0359.